The van der Waals surface area contributed by atoms with Crippen molar-refractivity contribution < 1.29 is 19.1 Å². The lowest BCUT2D eigenvalue weighted by Gasteiger charge is -2.36. The van der Waals surface area contributed by atoms with E-state index in [0.29, 0.717) is 50.6 Å². The van der Waals surface area contributed by atoms with Crippen LogP contribution in [0.1, 0.15) is 37.0 Å². The second-order valence-corrected chi connectivity index (χ2v) is 7.86. The molecular weight excluding hydrogens is 372 g/mol. The molecule has 1 unspecified atom stereocenters. The van der Waals surface area contributed by atoms with Gasteiger partial charge in [0.05, 0.1) is 19.1 Å². The largest absolute Gasteiger partial charge is 0.378 e. The SMILES string of the molecule is CC(C)NC(=O)Nc1cccc(C(=O)N2CCCC(C(=O)N3CCOCC3)C2)c1. The molecule has 4 amide bonds. The Morgan fingerprint density at radius 1 is 1.10 bits per heavy atom. The Kier molecular flexibility index (Phi) is 7.09. The van der Waals surface area contributed by atoms with Crippen molar-refractivity contribution >= 4 is 23.5 Å². The van der Waals surface area contributed by atoms with E-state index in [1.54, 1.807) is 29.2 Å². The maximum Gasteiger partial charge on any atom is 0.319 e. The standard InChI is InChI=1S/C21H30N4O4/c1-15(2)22-21(28)23-18-7-3-5-16(13-18)19(26)25-8-4-6-17(14-25)20(27)24-9-11-29-12-10-24/h3,5,7,13,15,17H,4,6,8-12,14H2,1-2H3,(H2,22,23,28). The van der Waals surface area contributed by atoms with Crippen LogP contribution in [-0.4, -0.2) is 73.1 Å². The van der Waals surface area contributed by atoms with Crippen molar-refractivity contribution in [2.45, 2.75) is 32.7 Å². The average molecular weight is 402 g/mol. The molecule has 0 bridgehead atoms. The van der Waals surface area contributed by atoms with E-state index < -0.39 is 0 Å². The molecule has 0 radical (unpaired) electrons. The number of piperidine rings is 1. The van der Waals surface area contributed by atoms with E-state index in [0.717, 1.165) is 12.8 Å². The van der Waals surface area contributed by atoms with Gasteiger partial charge in [-0.25, -0.2) is 4.79 Å². The fraction of sp³-hybridized carbons (Fsp3) is 0.571. The number of carbonyl (C=O) groups excluding carboxylic acids is 3. The molecular formula is C21H30N4O4. The number of anilines is 1. The second-order valence-electron chi connectivity index (χ2n) is 7.86. The number of amides is 4. The van der Waals surface area contributed by atoms with Gasteiger partial charge in [0.25, 0.3) is 5.91 Å². The molecule has 8 nitrogen and oxygen atoms in total. The fourth-order valence-electron chi connectivity index (χ4n) is 3.75. The highest BCUT2D eigenvalue weighted by Crippen LogP contribution is 2.22. The van der Waals surface area contributed by atoms with Crippen molar-refractivity contribution in [3.8, 4) is 0 Å². The highest BCUT2D eigenvalue weighted by Gasteiger charge is 2.32. The van der Waals surface area contributed by atoms with Gasteiger partial charge in [-0.15, -0.1) is 0 Å². The van der Waals surface area contributed by atoms with Gasteiger partial charge in [0.2, 0.25) is 5.91 Å². The Hall–Kier alpha value is -2.61. The van der Waals surface area contributed by atoms with Crippen LogP contribution >= 0.6 is 0 Å². The number of morpholine rings is 1. The topological polar surface area (TPSA) is 91.0 Å². The number of likely N-dealkylation sites (tertiary alicyclic amines) is 1. The van der Waals surface area contributed by atoms with Crippen LogP contribution in [0.25, 0.3) is 0 Å². The number of hydrogen-bond acceptors (Lipinski definition) is 4. The van der Waals surface area contributed by atoms with E-state index >= 15 is 0 Å². The molecule has 158 valence electrons. The lowest BCUT2D eigenvalue weighted by atomic mass is 9.95. The first-order valence-electron chi connectivity index (χ1n) is 10.3. The summed E-state index contributed by atoms with van der Waals surface area (Å²) >= 11 is 0. The molecule has 2 N–H and O–H groups in total. The van der Waals surface area contributed by atoms with Gasteiger partial charge in [-0.2, -0.15) is 0 Å². The van der Waals surface area contributed by atoms with Gasteiger partial charge in [-0.05, 0) is 44.9 Å². The van der Waals surface area contributed by atoms with E-state index in [2.05, 4.69) is 10.6 Å². The maximum absolute atomic E-state index is 13.0. The zero-order chi connectivity index (χ0) is 20.8. The first-order chi connectivity index (χ1) is 13.9. The van der Waals surface area contributed by atoms with Crippen molar-refractivity contribution in [1.29, 1.82) is 0 Å². The van der Waals surface area contributed by atoms with Crippen LogP contribution in [0.15, 0.2) is 24.3 Å². The molecule has 29 heavy (non-hydrogen) atoms. The minimum Gasteiger partial charge on any atom is -0.378 e. The van der Waals surface area contributed by atoms with Gasteiger partial charge >= 0.3 is 6.03 Å². The summed E-state index contributed by atoms with van der Waals surface area (Å²) in [5.74, 6) is -0.159. The number of benzene rings is 1. The lowest BCUT2D eigenvalue weighted by Crippen LogP contribution is -2.49. The molecule has 0 spiro atoms. The Balaban J connectivity index is 1.62. The summed E-state index contributed by atoms with van der Waals surface area (Å²) in [4.78, 5) is 41.3. The monoisotopic (exact) mass is 402 g/mol. The summed E-state index contributed by atoms with van der Waals surface area (Å²) in [6, 6.07) is 6.63. The van der Waals surface area contributed by atoms with Crippen molar-refractivity contribution in [3.63, 3.8) is 0 Å². The lowest BCUT2D eigenvalue weighted by molar-refractivity contribution is -0.141. The van der Waals surface area contributed by atoms with Gasteiger partial charge in [-0.1, -0.05) is 6.07 Å². The first-order valence-corrected chi connectivity index (χ1v) is 10.3. The third kappa shape index (κ3) is 5.69. The van der Waals surface area contributed by atoms with E-state index in [1.807, 2.05) is 18.7 Å². The number of urea groups is 1. The van der Waals surface area contributed by atoms with Gasteiger partial charge in [0.1, 0.15) is 0 Å². The molecule has 8 heteroatoms. The van der Waals surface area contributed by atoms with Gasteiger partial charge in [0.15, 0.2) is 0 Å². The molecule has 1 aromatic carbocycles. The predicted octanol–water partition coefficient (Wildman–Crippen LogP) is 1.93. The predicted molar refractivity (Wildman–Crippen MR) is 110 cm³/mol. The summed E-state index contributed by atoms with van der Waals surface area (Å²) in [7, 11) is 0. The van der Waals surface area contributed by atoms with Gasteiger partial charge < -0.3 is 25.2 Å². The number of carbonyl (C=O) groups is 3. The van der Waals surface area contributed by atoms with Crippen molar-refractivity contribution in [2.75, 3.05) is 44.7 Å². The Morgan fingerprint density at radius 2 is 1.86 bits per heavy atom. The Labute approximate surface area is 171 Å². The minimum atomic E-state index is -0.307. The van der Waals surface area contributed by atoms with Crippen molar-refractivity contribution in [1.82, 2.24) is 15.1 Å². The second kappa shape index (κ2) is 9.73. The number of rotatable bonds is 4. The highest BCUT2D eigenvalue weighted by atomic mass is 16.5. The van der Waals surface area contributed by atoms with E-state index in [9.17, 15) is 14.4 Å². The third-order valence-electron chi connectivity index (χ3n) is 5.17. The van der Waals surface area contributed by atoms with Crippen LogP contribution in [0.4, 0.5) is 10.5 Å². The Bertz CT molecular complexity index is 746. The normalized spacial score (nSPS) is 19.8. The van der Waals surface area contributed by atoms with Gasteiger partial charge in [-0.3, -0.25) is 9.59 Å². The zero-order valence-corrected chi connectivity index (χ0v) is 17.1. The molecule has 2 heterocycles. The Morgan fingerprint density at radius 3 is 2.59 bits per heavy atom. The van der Waals surface area contributed by atoms with Crippen LogP contribution in [0.3, 0.4) is 0 Å². The molecule has 2 saturated heterocycles. The molecule has 3 rings (SSSR count). The summed E-state index contributed by atoms with van der Waals surface area (Å²) < 4.78 is 5.32. The highest BCUT2D eigenvalue weighted by molar-refractivity contribution is 5.97. The molecule has 1 aromatic rings. The zero-order valence-electron chi connectivity index (χ0n) is 17.1. The summed E-state index contributed by atoms with van der Waals surface area (Å²) in [6.45, 7) is 7.22. The molecule has 2 aliphatic heterocycles. The molecule has 0 aromatic heterocycles. The summed E-state index contributed by atoms with van der Waals surface area (Å²) in [5, 5.41) is 5.50. The number of ether oxygens (including phenoxy) is 1. The van der Waals surface area contributed by atoms with E-state index in [4.69, 9.17) is 4.74 Å². The van der Waals surface area contributed by atoms with Crippen LogP contribution < -0.4 is 10.6 Å². The number of nitrogens with zero attached hydrogens (tertiary/aromatic N) is 2. The van der Waals surface area contributed by atoms with Crippen LogP contribution in [0, 0.1) is 5.92 Å². The van der Waals surface area contributed by atoms with Crippen LogP contribution in [0.5, 0.6) is 0 Å². The first kappa shape index (κ1) is 21.1. The molecule has 2 aliphatic rings. The van der Waals surface area contributed by atoms with Gasteiger partial charge in [0, 0.05) is 43.5 Å². The van der Waals surface area contributed by atoms with Crippen LogP contribution in [-0.2, 0) is 9.53 Å². The molecule has 0 aliphatic carbocycles. The number of nitrogens with one attached hydrogen (secondary N) is 2. The summed E-state index contributed by atoms with van der Waals surface area (Å²) in [5.41, 5.74) is 1.07. The molecule has 0 saturated carbocycles. The number of hydrogen-bond donors (Lipinski definition) is 2. The van der Waals surface area contributed by atoms with Crippen molar-refractivity contribution in [3.05, 3.63) is 29.8 Å². The minimum absolute atomic E-state index is 0.0223. The average Bonchev–Trinajstić information content (AvgIpc) is 2.73. The maximum atomic E-state index is 13.0. The van der Waals surface area contributed by atoms with Crippen molar-refractivity contribution in [2.24, 2.45) is 5.92 Å². The third-order valence-corrected chi connectivity index (χ3v) is 5.17. The van der Waals surface area contributed by atoms with E-state index in [-0.39, 0.29) is 29.8 Å². The molecule has 1 atom stereocenters. The molecule has 2 fully saturated rings. The summed E-state index contributed by atoms with van der Waals surface area (Å²) in [6.07, 6.45) is 1.61. The van der Waals surface area contributed by atoms with E-state index in [1.165, 1.54) is 0 Å². The quantitative estimate of drug-likeness (QED) is 0.805. The fourth-order valence-corrected chi connectivity index (χ4v) is 3.75. The smallest absolute Gasteiger partial charge is 0.319 e. The van der Waals surface area contributed by atoms with Crippen LogP contribution in [0.2, 0.25) is 0 Å².